The number of fused-ring (bicyclic) bond motifs is 3. The first kappa shape index (κ1) is 27.6. The van der Waals surface area contributed by atoms with Crippen LogP contribution in [0.25, 0.3) is 5.57 Å². The van der Waals surface area contributed by atoms with E-state index in [1.54, 1.807) is 5.57 Å². The Labute approximate surface area is 252 Å². The third-order valence-corrected chi connectivity index (χ3v) is 10.2. The van der Waals surface area contributed by atoms with E-state index in [1.807, 2.05) is 18.2 Å². The van der Waals surface area contributed by atoms with Crippen LogP contribution >= 0.6 is 11.6 Å². The molecule has 4 heterocycles. The number of carbonyl (C=O) groups is 3. The van der Waals surface area contributed by atoms with Crippen LogP contribution in [0.3, 0.4) is 0 Å². The maximum absolute atomic E-state index is 13.0. The van der Waals surface area contributed by atoms with E-state index in [9.17, 15) is 14.4 Å². The van der Waals surface area contributed by atoms with Crippen molar-refractivity contribution in [1.29, 1.82) is 0 Å². The summed E-state index contributed by atoms with van der Waals surface area (Å²) in [4.78, 5) is 42.2. The molecule has 4 amide bonds. The molecule has 0 saturated carbocycles. The lowest BCUT2D eigenvalue weighted by atomic mass is 9.72. The normalized spacial score (nSPS) is 25.9. The van der Waals surface area contributed by atoms with Crippen LogP contribution in [-0.2, 0) is 17.9 Å². The van der Waals surface area contributed by atoms with Gasteiger partial charge in [-0.3, -0.25) is 24.7 Å². The summed E-state index contributed by atoms with van der Waals surface area (Å²) in [6, 6.07) is 15.0. The first-order chi connectivity index (χ1) is 20.1. The summed E-state index contributed by atoms with van der Waals surface area (Å²) >= 11 is 6.20. The highest BCUT2D eigenvalue weighted by Crippen LogP contribution is 2.44. The van der Waals surface area contributed by atoms with Gasteiger partial charge in [-0.05, 0) is 71.6 Å². The Morgan fingerprint density at radius 3 is 2.38 bits per heavy atom. The van der Waals surface area contributed by atoms with E-state index in [2.05, 4.69) is 53.2 Å². The third-order valence-electron chi connectivity index (χ3n) is 9.90. The molecule has 0 spiro atoms. The van der Waals surface area contributed by atoms with Crippen molar-refractivity contribution in [1.82, 2.24) is 25.1 Å². The molecule has 2 bridgehead atoms. The van der Waals surface area contributed by atoms with Gasteiger partial charge in [-0.25, -0.2) is 14.8 Å². The van der Waals surface area contributed by atoms with Crippen LogP contribution in [0.1, 0.15) is 73.0 Å². The maximum atomic E-state index is 13.0. The number of allylic oxidation sites excluding steroid dienone is 1. The summed E-state index contributed by atoms with van der Waals surface area (Å²) in [7, 11) is 0. The van der Waals surface area contributed by atoms with Crippen molar-refractivity contribution in [3.63, 3.8) is 0 Å². The molecule has 1 N–H and O–H groups in total. The van der Waals surface area contributed by atoms with E-state index in [-0.39, 0.29) is 24.8 Å². The molecular formula is C33H38ClN5O3. The number of halogens is 1. The number of carbonyl (C=O) groups excluding carboxylic acids is 3. The number of imide groups is 1. The van der Waals surface area contributed by atoms with Gasteiger partial charge in [-0.15, -0.1) is 0 Å². The van der Waals surface area contributed by atoms with Gasteiger partial charge in [0.1, 0.15) is 0 Å². The van der Waals surface area contributed by atoms with Gasteiger partial charge >= 0.3 is 6.03 Å². The lowest BCUT2D eigenvalue weighted by molar-refractivity contribution is -0.123. The van der Waals surface area contributed by atoms with E-state index < -0.39 is 6.03 Å². The zero-order valence-corrected chi connectivity index (χ0v) is 25.1. The fraction of sp³-hybridized carbons (Fsp3) is 0.485. The summed E-state index contributed by atoms with van der Waals surface area (Å²) < 4.78 is 0. The second-order valence-electron chi connectivity index (χ2n) is 13.4. The molecule has 0 radical (unpaired) electrons. The molecule has 8 nitrogen and oxygen atoms in total. The van der Waals surface area contributed by atoms with Crippen LogP contribution in [0.15, 0.2) is 48.0 Å². The van der Waals surface area contributed by atoms with Gasteiger partial charge < -0.3 is 0 Å². The van der Waals surface area contributed by atoms with Gasteiger partial charge in [0, 0.05) is 55.3 Å². The highest BCUT2D eigenvalue weighted by atomic mass is 35.5. The molecule has 3 fully saturated rings. The number of urea groups is 1. The molecule has 3 saturated heterocycles. The molecule has 2 aromatic carbocycles. The lowest BCUT2D eigenvalue weighted by Gasteiger charge is -2.38. The standard InChI is InChI=1S/C33H38ClN5O3/c1-33(2)11-9-23(29(15-33)22-4-6-25(34)7-5-22)17-37-20-26-14-27(37)19-36(26)16-21-3-8-28-24(13-21)18-39(31(28)41)38-12-10-30(40)35-32(38)42/h3-8,13,26-27H,9-12,14-20H2,1-2H3,(H,35,40,42)/t26-,27-/m0/s1. The Hall–Kier alpha value is -3.20. The van der Waals surface area contributed by atoms with Crippen LogP contribution < -0.4 is 5.32 Å². The Bertz CT molecular complexity index is 1490. The minimum atomic E-state index is -0.529. The van der Waals surface area contributed by atoms with Crippen LogP contribution in [0.5, 0.6) is 0 Å². The van der Waals surface area contributed by atoms with Gasteiger partial charge in [0.25, 0.3) is 5.91 Å². The monoisotopic (exact) mass is 587 g/mol. The molecule has 9 heteroatoms. The van der Waals surface area contributed by atoms with Crippen molar-refractivity contribution >= 4 is 35.0 Å². The zero-order valence-electron chi connectivity index (χ0n) is 24.4. The lowest BCUT2D eigenvalue weighted by Crippen LogP contribution is -2.56. The quantitative estimate of drug-likeness (QED) is 0.510. The number of likely N-dealkylation sites (tertiary alicyclic amines) is 2. The molecule has 0 aromatic heterocycles. The maximum Gasteiger partial charge on any atom is 0.342 e. The molecule has 0 unspecified atom stereocenters. The molecule has 220 valence electrons. The smallest absolute Gasteiger partial charge is 0.294 e. The fourth-order valence-corrected chi connectivity index (χ4v) is 7.73. The predicted molar refractivity (Wildman–Crippen MR) is 161 cm³/mol. The minimum absolute atomic E-state index is 0.185. The molecule has 5 aliphatic rings. The van der Waals surface area contributed by atoms with Crippen molar-refractivity contribution in [3.8, 4) is 0 Å². The molecule has 7 rings (SSSR count). The molecular weight excluding hydrogens is 550 g/mol. The summed E-state index contributed by atoms with van der Waals surface area (Å²) in [5, 5.41) is 5.92. The number of benzene rings is 2. The van der Waals surface area contributed by atoms with Gasteiger partial charge in [0.2, 0.25) is 5.91 Å². The highest BCUT2D eigenvalue weighted by Gasteiger charge is 2.44. The average Bonchev–Trinajstić information content (AvgIpc) is 3.62. The first-order valence-corrected chi connectivity index (χ1v) is 15.5. The summed E-state index contributed by atoms with van der Waals surface area (Å²) in [6.07, 6.45) is 4.89. The topological polar surface area (TPSA) is 76.2 Å². The zero-order chi connectivity index (χ0) is 29.2. The van der Waals surface area contributed by atoms with Crippen molar-refractivity contribution in [2.75, 3.05) is 26.2 Å². The molecule has 42 heavy (non-hydrogen) atoms. The van der Waals surface area contributed by atoms with Crippen molar-refractivity contribution < 1.29 is 14.4 Å². The highest BCUT2D eigenvalue weighted by molar-refractivity contribution is 6.30. The van der Waals surface area contributed by atoms with Crippen molar-refractivity contribution in [3.05, 3.63) is 75.3 Å². The molecule has 1 aliphatic carbocycles. The number of hydrogen-bond donors (Lipinski definition) is 1. The SMILES string of the molecule is CC1(C)CCC(CN2C[C@@H]3C[C@H]2CN3Cc2ccc3c(c2)CN(N2CCC(=O)NC2=O)C3=O)=C(c2ccc(Cl)cc2)C1. The number of rotatable bonds is 6. The van der Waals surface area contributed by atoms with E-state index in [4.69, 9.17) is 11.6 Å². The van der Waals surface area contributed by atoms with Gasteiger partial charge in [0.15, 0.2) is 0 Å². The summed E-state index contributed by atoms with van der Waals surface area (Å²) in [5.74, 6) is -0.488. The molecule has 2 atom stereocenters. The van der Waals surface area contributed by atoms with Crippen molar-refractivity contribution in [2.24, 2.45) is 5.41 Å². The average molecular weight is 588 g/mol. The number of hydrogen-bond acceptors (Lipinski definition) is 5. The van der Waals surface area contributed by atoms with Gasteiger partial charge in [-0.1, -0.05) is 55.3 Å². The summed E-state index contributed by atoms with van der Waals surface area (Å²) in [5.41, 5.74) is 7.51. The van der Waals surface area contributed by atoms with E-state index in [1.165, 1.54) is 39.6 Å². The predicted octanol–water partition coefficient (Wildman–Crippen LogP) is 5.08. The van der Waals surface area contributed by atoms with Crippen LogP contribution in [0, 0.1) is 5.41 Å². The van der Waals surface area contributed by atoms with E-state index in [0.29, 0.717) is 29.6 Å². The molecule has 4 aliphatic heterocycles. The number of amides is 4. The number of nitrogens with one attached hydrogen (secondary N) is 1. The third kappa shape index (κ3) is 5.14. The van der Waals surface area contributed by atoms with Crippen molar-refractivity contribution in [2.45, 2.75) is 71.1 Å². The van der Waals surface area contributed by atoms with E-state index >= 15 is 0 Å². The van der Waals surface area contributed by atoms with Gasteiger partial charge in [-0.2, -0.15) is 0 Å². The molecule has 2 aromatic rings. The second-order valence-corrected chi connectivity index (χ2v) is 13.8. The Balaban J connectivity index is 1.01. The first-order valence-electron chi connectivity index (χ1n) is 15.1. The van der Waals surface area contributed by atoms with Gasteiger partial charge in [0.05, 0.1) is 13.1 Å². The number of piperazine rings is 1. The Morgan fingerprint density at radius 1 is 0.929 bits per heavy atom. The minimum Gasteiger partial charge on any atom is -0.294 e. The van der Waals surface area contributed by atoms with Crippen LogP contribution in [-0.4, -0.2) is 75.9 Å². The Kier molecular flexibility index (Phi) is 6.91. The largest absolute Gasteiger partial charge is 0.342 e. The Morgan fingerprint density at radius 2 is 1.67 bits per heavy atom. The van der Waals surface area contributed by atoms with E-state index in [0.717, 1.165) is 49.6 Å². The fourth-order valence-electron chi connectivity index (χ4n) is 7.60. The second kappa shape index (κ2) is 10.5. The number of nitrogens with zero attached hydrogens (tertiary/aromatic N) is 4. The van der Waals surface area contributed by atoms with Crippen LogP contribution in [0.4, 0.5) is 4.79 Å². The number of hydrazine groups is 1. The van der Waals surface area contributed by atoms with Crippen LogP contribution in [0.2, 0.25) is 5.02 Å². The summed E-state index contributed by atoms with van der Waals surface area (Å²) in [6.45, 7) is 9.40.